The van der Waals surface area contributed by atoms with Crippen LogP contribution in [0.25, 0.3) is 0 Å². The number of hydrogen-bond acceptors (Lipinski definition) is 4. The van der Waals surface area contributed by atoms with Crippen molar-refractivity contribution < 1.29 is 14.3 Å². The van der Waals surface area contributed by atoms with Crippen LogP contribution in [-0.4, -0.2) is 26.3 Å². The predicted molar refractivity (Wildman–Crippen MR) is 57.7 cm³/mol. The Bertz CT molecular complexity index is 329. The molecule has 0 aromatic heterocycles. The highest BCUT2D eigenvalue weighted by molar-refractivity contribution is 5.90. The van der Waals surface area contributed by atoms with Crippen molar-refractivity contribution in [2.45, 2.75) is 6.92 Å². The summed E-state index contributed by atoms with van der Waals surface area (Å²) in [6.45, 7) is 2.53. The predicted octanol–water partition coefficient (Wildman–Crippen LogP) is 1.38. The van der Waals surface area contributed by atoms with E-state index >= 15 is 0 Å². The smallest absolute Gasteiger partial charge is 0.338 e. The van der Waals surface area contributed by atoms with Gasteiger partial charge < -0.3 is 15.2 Å². The second-order valence-electron chi connectivity index (χ2n) is 3.26. The summed E-state index contributed by atoms with van der Waals surface area (Å²) in [7, 11) is 1.55. The van der Waals surface area contributed by atoms with E-state index in [1.165, 1.54) is 0 Å². The third-order valence-electron chi connectivity index (χ3n) is 1.86. The van der Waals surface area contributed by atoms with Crippen LogP contribution in [0, 0.1) is 6.92 Å². The van der Waals surface area contributed by atoms with Gasteiger partial charge in [-0.3, -0.25) is 0 Å². The van der Waals surface area contributed by atoms with Gasteiger partial charge in [-0.25, -0.2) is 4.79 Å². The highest BCUT2D eigenvalue weighted by Crippen LogP contribution is 2.12. The van der Waals surface area contributed by atoms with Crippen molar-refractivity contribution in [3.63, 3.8) is 0 Å². The fourth-order valence-electron chi connectivity index (χ4n) is 1.23. The number of esters is 1. The molecule has 0 saturated heterocycles. The molecule has 2 N–H and O–H groups in total. The number of ether oxygens (including phenoxy) is 2. The van der Waals surface area contributed by atoms with Gasteiger partial charge in [-0.1, -0.05) is 0 Å². The van der Waals surface area contributed by atoms with Crippen molar-refractivity contribution in [2.24, 2.45) is 0 Å². The molecule has 0 heterocycles. The molecule has 4 heteroatoms. The maximum absolute atomic E-state index is 11.5. The van der Waals surface area contributed by atoms with Gasteiger partial charge in [-0.2, -0.15) is 0 Å². The number of carbonyl (C=O) groups is 1. The average molecular weight is 209 g/mol. The number of carbonyl (C=O) groups excluding carboxylic acids is 1. The van der Waals surface area contributed by atoms with E-state index in [0.717, 1.165) is 5.56 Å². The van der Waals surface area contributed by atoms with E-state index in [4.69, 9.17) is 15.2 Å². The number of rotatable bonds is 4. The molecular formula is C11H15NO3. The number of aryl methyl sites for hydroxylation is 1. The highest BCUT2D eigenvalue weighted by Gasteiger charge is 2.07. The Balaban J connectivity index is 2.65. The normalized spacial score (nSPS) is 10.0. The van der Waals surface area contributed by atoms with E-state index in [-0.39, 0.29) is 12.6 Å². The average Bonchev–Trinajstić information content (AvgIpc) is 2.16. The minimum atomic E-state index is -0.373. The van der Waals surface area contributed by atoms with Crippen molar-refractivity contribution in [2.75, 3.05) is 26.1 Å². The zero-order chi connectivity index (χ0) is 11.3. The molecule has 0 unspecified atom stereocenters. The van der Waals surface area contributed by atoms with Gasteiger partial charge in [-0.15, -0.1) is 0 Å². The van der Waals surface area contributed by atoms with E-state index in [1.54, 1.807) is 25.3 Å². The topological polar surface area (TPSA) is 61.5 Å². The Morgan fingerprint density at radius 2 is 2.07 bits per heavy atom. The molecule has 82 valence electrons. The van der Waals surface area contributed by atoms with Gasteiger partial charge in [0.25, 0.3) is 0 Å². The molecule has 0 aliphatic carbocycles. The second kappa shape index (κ2) is 5.36. The van der Waals surface area contributed by atoms with Gasteiger partial charge in [0, 0.05) is 12.8 Å². The van der Waals surface area contributed by atoms with Crippen LogP contribution in [0.15, 0.2) is 18.2 Å². The molecule has 0 amide bonds. The minimum Gasteiger partial charge on any atom is -0.460 e. The summed E-state index contributed by atoms with van der Waals surface area (Å²) in [6, 6.07) is 5.14. The fourth-order valence-corrected chi connectivity index (χ4v) is 1.23. The van der Waals surface area contributed by atoms with Crippen molar-refractivity contribution in [3.05, 3.63) is 29.3 Å². The lowest BCUT2D eigenvalue weighted by Crippen LogP contribution is -2.10. The first-order valence-electron chi connectivity index (χ1n) is 4.66. The molecule has 0 saturated carbocycles. The summed E-state index contributed by atoms with van der Waals surface area (Å²) in [5.74, 6) is -0.373. The summed E-state index contributed by atoms with van der Waals surface area (Å²) >= 11 is 0. The van der Waals surface area contributed by atoms with E-state index < -0.39 is 0 Å². The number of hydrogen-bond donors (Lipinski definition) is 1. The SMILES string of the molecule is COCCOC(=O)c1cc(C)cc(N)c1. The molecule has 0 bridgehead atoms. The highest BCUT2D eigenvalue weighted by atomic mass is 16.6. The van der Waals surface area contributed by atoms with E-state index in [1.807, 2.05) is 6.92 Å². The van der Waals surface area contributed by atoms with Gasteiger partial charge in [0.1, 0.15) is 6.61 Å². The van der Waals surface area contributed by atoms with Crippen molar-refractivity contribution in [1.82, 2.24) is 0 Å². The number of nitrogen functional groups attached to an aromatic ring is 1. The maximum atomic E-state index is 11.5. The van der Waals surface area contributed by atoms with Gasteiger partial charge in [0.2, 0.25) is 0 Å². The van der Waals surface area contributed by atoms with Crippen molar-refractivity contribution in [3.8, 4) is 0 Å². The molecule has 15 heavy (non-hydrogen) atoms. The molecule has 0 radical (unpaired) electrons. The molecular weight excluding hydrogens is 194 g/mol. The Morgan fingerprint density at radius 3 is 2.67 bits per heavy atom. The molecule has 0 atom stereocenters. The van der Waals surface area contributed by atoms with Gasteiger partial charge >= 0.3 is 5.97 Å². The third-order valence-corrected chi connectivity index (χ3v) is 1.86. The van der Waals surface area contributed by atoms with Crippen LogP contribution in [-0.2, 0) is 9.47 Å². The first-order valence-corrected chi connectivity index (χ1v) is 4.66. The monoisotopic (exact) mass is 209 g/mol. The third kappa shape index (κ3) is 3.59. The molecule has 0 aliphatic heterocycles. The first-order chi connectivity index (χ1) is 7.13. The zero-order valence-electron chi connectivity index (χ0n) is 8.95. The summed E-state index contributed by atoms with van der Waals surface area (Å²) in [5, 5.41) is 0. The minimum absolute atomic E-state index is 0.253. The van der Waals surface area contributed by atoms with Gasteiger partial charge in [-0.05, 0) is 30.7 Å². The van der Waals surface area contributed by atoms with Crippen LogP contribution in [0.2, 0.25) is 0 Å². The standard InChI is InChI=1S/C11H15NO3/c1-8-5-9(7-10(12)6-8)11(13)15-4-3-14-2/h5-7H,3-4,12H2,1-2H3. The van der Waals surface area contributed by atoms with Crippen LogP contribution in [0.1, 0.15) is 15.9 Å². The Hall–Kier alpha value is -1.55. The number of methoxy groups -OCH3 is 1. The second-order valence-corrected chi connectivity index (χ2v) is 3.26. The summed E-state index contributed by atoms with van der Waals surface area (Å²) in [5.41, 5.74) is 7.60. The number of anilines is 1. The summed E-state index contributed by atoms with van der Waals surface area (Å²) in [6.07, 6.45) is 0. The lowest BCUT2D eigenvalue weighted by atomic mass is 10.1. The maximum Gasteiger partial charge on any atom is 0.338 e. The largest absolute Gasteiger partial charge is 0.460 e. The molecule has 4 nitrogen and oxygen atoms in total. The Morgan fingerprint density at radius 1 is 1.33 bits per heavy atom. The molecule has 0 fully saturated rings. The quantitative estimate of drug-likeness (QED) is 0.462. The lowest BCUT2D eigenvalue weighted by molar-refractivity contribution is 0.0388. The Kier molecular flexibility index (Phi) is 4.12. The molecule has 1 aromatic carbocycles. The van der Waals surface area contributed by atoms with Crippen LogP contribution in [0.5, 0.6) is 0 Å². The molecule has 1 aromatic rings. The van der Waals surface area contributed by atoms with Crippen LogP contribution in [0.4, 0.5) is 5.69 Å². The summed E-state index contributed by atoms with van der Waals surface area (Å²) in [4.78, 5) is 11.5. The van der Waals surface area contributed by atoms with Crippen LogP contribution >= 0.6 is 0 Å². The van der Waals surface area contributed by atoms with Crippen LogP contribution < -0.4 is 5.73 Å². The van der Waals surface area contributed by atoms with Gasteiger partial charge in [0.15, 0.2) is 0 Å². The molecule has 1 rings (SSSR count). The molecule has 0 spiro atoms. The Labute approximate surface area is 89.0 Å². The lowest BCUT2D eigenvalue weighted by Gasteiger charge is -2.05. The summed E-state index contributed by atoms with van der Waals surface area (Å²) < 4.78 is 9.73. The molecule has 0 aliphatic rings. The number of nitrogens with two attached hydrogens (primary N) is 1. The van der Waals surface area contributed by atoms with E-state index in [9.17, 15) is 4.79 Å². The van der Waals surface area contributed by atoms with Gasteiger partial charge in [0.05, 0.1) is 12.2 Å². The van der Waals surface area contributed by atoms with Crippen molar-refractivity contribution >= 4 is 11.7 Å². The van der Waals surface area contributed by atoms with E-state index in [0.29, 0.717) is 17.9 Å². The van der Waals surface area contributed by atoms with Crippen LogP contribution in [0.3, 0.4) is 0 Å². The van der Waals surface area contributed by atoms with E-state index in [2.05, 4.69) is 0 Å². The zero-order valence-corrected chi connectivity index (χ0v) is 8.95. The first kappa shape index (κ1) is 11.5. The number of benzene rings is 1. The van der Waals surface area contributed by atoms with Crippen molar-refractivity contribution in [1.29, 1.82) is 0 Å². The fraction of sp³-hybridized carbons (Fsp3) is 0.364.